The van der Waals surface area contributed by atoms with Crippen LogP contribution in [0.1, 0.15) is 45.3 Å². The van der Waals surface area contributed by atoms with Gasteiger partial charge in [-0.2, -0.15) is 0 Å². The fraction of sp³-hybridized carbons (Fsp3) is 0.625. The summed E-state index contributed by atoms with van der Waals surface area (Å²) in [5, 5.41) is 10.3. The van der Waals surface area contributed by atoms with E-state index < -0.39 is 6.10 Å². The van der Waals surface area contributed by atoms with Gasteiger partial charge in [-0.15, -0.1) is 0 Å². The maximum atomic E-state index is 10.3. The summed E-state index contributed by atoms with van der Waals surface area (Å²) in [4.78, 5) is 0. The number of benzene rings is 1. The standard InChI is InChI=1S/C16H27NO2/c1-4-5-10-19-14-8-6-13(7-9-14)16(18)15(11-17)12(2)3/h6-9,12,15-16,18H,4-5,10-11,17H2,1-3H3. The first-order valence-corrected chi connectivity index (χ1v) is 7.21. The van der Waals surface area contributed by atoms with Crippen molar-refractivity contribution in [3.63, 3.8) is 0 Å². The van der Waals surface area contributed by atoms with Gasteiger partial charge in [0.05, 0.1) is 12.7 Å². The molecule has 0 aliphatic rings. The van der Waals surface area contributed by atoms with Crippen LogP contribution < -0.4 is 10.5 Å². The fourth-order valence-electron chi connectivity index (χ4n) is 2.11. The van der Waals surface area contributed by atoms with Crippen LogP contribution >= 0.6 is 0 Å². The molecule has 0 aromatic heterocycles. The van der Waals surface area contributed by atoms with Crippen molar-refractivity contribution in [2.45, 2.75) is 39.7 Å². The van der Waals surface area contributed by atoms with Gasteiger partial charge in [-0.1, -0.05) is 39.3 Å². The van der Waals surface area contributed by atoms with Crippen molar-refractivity contribution in [1.29, 1.82) is 0 Å². The molecule has 0 saturated heterocycles. The highest BCUT2D eigenvalue weighted by atomic mass is 16.5. The van der Waals surface area contributed by atoms with Crippen LogP contribution in [0.25, 0.3) is 0 Å². The normalized spacial score (nSPS) is 14.4. The summed E-state index contributed by atoms with van der Waals surface area (Å²) < 4.78 is 5.61. The number of aliphatic hydroxyl groups is 1. The van der Waals surface area contributed by atoms with Crippen LogP contribution in [0.5, 0.6) is 5.75 Å². The monoisotopic (exact) mass is 265 g/mol. The van der Waals surface area contributed by atoms with Crippen LogP contribution in [-0.2, 0) is 0 Å². The van der Waals surface area contributed by atoms with Crippen molar-refractivity contribution in [2.75, 3.05) is 13.2 Å². The van der Waals surface area contributed by atoms with Gasteiger partial charge >= 0.3 is 0 Å². The maximum Gasteiger partial charge on any atom is 0.119 e. The van der Waals surface area contributed by atoms with Crippen LogP contribution in [0.4, 0.5) is 0 Å². The van der Waals surface area contributed by atoms with Gasteiger partial charge in [-0.25, -0.2) is 0 Å². The molecule has 1 aromatic rings. The molecule has 0 bridgehead atoms. The minimum atomic E-state index is -0.505. The summed E-state index contributed by atoms with van der Waals surface area (Å²) in [6, 6.07) is 7.69. The molecule has 0 aliphatic carbocycles. The average Bonchev–Trinajstić information content (AvgIpc) is 2.40. The Hall–Kier alpha value is -1.06. The summed E-state index contributed by atoms with van der Waals surface area (Å²) in [7, 11) is 0. The third-order valence-electron chi connectivity index (χ3n) is 3.52. The molecule has 3 heteroatoms. The zero-order valence-corrected chi connectivity index (χ0v) is 12.3. The second-order valence-corrected chi connectivity index (χ2v) is 5.36. The summed E-state index contributed by atoms with van der Waals surface area (Å²) in [5.74, 6) is 1.31. The highest BCUT2D eigenvalue weighted by Gasteiger charge is 2.22. The largest absolute Gasteiger partial charge is 0.494 e. The first-order valence-electron chi connectivity index (χ1n) is 7.21. The lowest BCUT2D eigenvalue weighted by Gasteiger charge is -2.25. The van der Waals surface area contributed by atoms with Crippen LogP contribution in [0.15, 0.2) is 24.3 Å². The summed E-state index contributed by atoms with van der Waals surface area (Å²) in [5.41, 5.74) is 6.65. The second kappa shape index (κ2) is 8.18. The van der Waals surface area contributed by atoms with Crippen molar-refractivity contribution in [2.24, 2.45) is 17.6 Å². The predicted molar refractivity (Wildman–Crippen MR) is 79.2 cm³/mol. The number of ether oxygens (including phenoxy) is 1. The molecular formula is C16H27NO2. The summed E-state index contributed by atoms with van der Waals surface area (Å²) >= 11 is 0. The number of unbranched alkanes of at least 4 members (excludes halogenated alkanes) is 1. The van der Waals surface area contributed by atoms with Gasteiger partial charge in [-0.05, 0) is 36.6 Å². The van der Waals surface area contributed by atoms with Gasteiger partial charge < -0.3 is 15.6 Å². The Kier molecular flexibility index (Phi) is 6.89. The Morgan fingerprint density at radius 2 is 1.84 bits per heavy atom. The number of rotatable bonds is 8. The average molecular weight is 265 g/mol. The first kappa shape index (κ1) is 16.0. The molecule has 2 atom stereocenters. The fourth-order valence-corrected chi connectivity index (χ4v) is 2.11. The quantitative estimate of drug-likeness (QED) is 0.710. The lowest BCUT2D eigenvalue weighted by atomic mass is 9.86. The van der Waals surface area contributed by atoms with Crippen LogP contribution in [0, 0.1) is 11.8 Å². The number of aliphatic hydroxyl groups excluding tert-OH is 1. The van der Waals surface area contributed by atoms with Gasteiger partial charge in [0.15, 0.2) is 0 Å². The Morgan fingerprint density at radius 1 is 1.21 bits per heavy atom. The van der Waals surface area contributed by atoms with E-state index in [4.69, 9.17) is 10.5 Å². The van der Waals surface area contributed by atoms with E-state index in [1.54, 1.807) is 0 Å². The smallest absolute Gasteiger partial charge is 0.119 e. The zero-order valence-electron chi connectivity index (χ0n) is 12.3. The third-order valence-corrected chi connectivity index (χ3v) is 3.52. The van der Waals surface area contributed by atoms with Crippen molar-refractivity contribution in [1.82, 2.24) is 0 Å². The molecule has 0 heterocycles. The second-order valence-electron chi connectivity index (χ2n) is 5.36. The first-order chi connectivity index (χ1) is 9.10. The molecule has 0 aliphatic heterocycles. The lowest BCUT2D eigenvalue weighted by molar-refractivity contribution is 0.0860. The maximum absolute atomic E-state index is 10.3. The molecule has 0 fully saturated rings. The topological polar surface area (TPSA) is 55.5 Å². The van der Waals surface area contributed by atoms with Gasteiger partial charge in [0.25, 0.3) is 0 Å². The summed E-state index contributed by atoms with van der Waals surface area (Å²) in [6.07, 6.45) is 1.69. The highest BCUT2D eigenvalue weighted by molar-refractivity contribution is 5.28. The molecule has 0 saturated carbocycles. The molecule has 1 aromatic carbocycles. The number of hydrogen-bond acceptors (Lipinski definition) is 3. The van der Waals surface area contributed by atoms with Crippen molar-refractivity contribution in [3.8, 4) is 5.75 Å². The van der Waals surface area contributed by atoms with E-state index in [1.165, 1.54) is 0 Å². The van der Waals surface area contributed by atoms with E-state index in [9.17, 15) is 5.11 Å². The van der Waals surface area contributed by atoms with Crippen LogP contribution in [-0.4, -0.2) is 18.3 Å². The third kappa shape index (κ3) is 4.84. The molecule has 3 nitrogen and oxygen atoms in total. The predicted octanol–water partition coefficient (Wildman–Crippen LogP) is 3.13. The van der Waals surface area contributed by atoms with Gasteiger partial charge in [0, 0.05) is 5.92 Å². The van der Waals surface area contributed by atoms with E-state index in [1.807, 2.05) is 24.3 Å². The minimum Gasteiger partial charge on any atom is -0.494 e. The van der Waals surface area contributed by atoms with E-state index >= 15 is 0 Å². The number of hydrogen-bond donors (Lipinski definition) is 2. The summed E-state index contributed by atoms with van der Waals surface area (Å²) in [6.45, 7) is 7.55. The molecule has 0 spiro atoms. The zero-order chi connectivity index (χ0) is 14.3. The van der Waals surface area contributed by atoms with Crippen molar-refractivity contribution < 1.29 is 9.84 Å². The highest BCUT2D eigenvalue weighted by Crippen LogP contribution is 2.28. The Balaban J connectivity index is 2.64. The Morgan fingerprint density at radius 3 is 2.32 bits per heavy atom. The van der Waals surface area contributed by atoms with E-state index in [0.717, 1.165) is 30.8 Å². The van der Waals surface area contributed by atoms with Gasteiger partial charge in [-0.3, -0.25) is 0 Å². The van der Waals surface area contributed by atoms with Crippen molar-refractivity contribution >= 4 is 0 Å². The molecule has 0 radical (unpaired) electrons. The molecule has 2 unspecified atom stereocenters. The molecule has 108 valence electrons. The van der Waals surface area contributed by atoms with E-state index in [0.29, 0.717) is 12.5 Å². The molecule has 3 N–H and O–H groups in total. The van der Waals surface area contributed by atoms with E-state index in [2.05, 4.69) is 20.8 Å². The molecule has 0 amide bonds. The van der Waals surface area contributed by atoms with Crippen LogP contribution in [0.2, 0.25) is 0 Å². The molecule has 19 heavy (non-hydrogen) atoms. The Bertz CT molecular complexity index is 348. The molecular weight excluding hydrogens is 238 g/mol. The van der Waals surface area contributed by atoms with E-state index in [-0.39, 0.29) is 5.92 Å². The number of nitrogens with two attached hydrogens (primary N) is 1. The molecule has 1 rings (SSSR count). The SMILES string of the molecule is CCCCOc1ccc(C(O)C(CN)C(C)C)cc1. The van der Waals surface area contributed by atoms with Crippen molar-refractivity contribution in [3.05, 3.63) is 29.8 Å². The van der Waals surface area contributed by atoms with Gasteiger partial charge in [0.1, 0.15) is 5.75 Å². The Labute approximate surface area is 116 Å². The minimum absolute atomic E-state index is 0.0897. The van der Waals surface area contributed by atoms with Crippen LogP contribution in [0.3, 0.4) is 0 Å². The lowest BCUT2D eigenvalue weighted by Crippen LogP contribution is -2.26. The van der Waals surface area contributed by atoms with Gasteiger partial charge in [0.2, 0.25) is 0 Å².